The summed E-state index contributed by atoms with van der Waals surface area (Å²) in [6, 6.07) is 9.17. The topological polar surface area (TPSA) is 82.2 Å². The van der Waals surface area contributed by atoms with Gasteiger partial charge >= 0.3 is 11.0 Å². The standard InChI is InChI=1S/C16H9F3N2O4S/c17-16(18,19)11-6-10(21(24)25)7-12-14(11)26-15(23)20(12)8-13(22)9-4-2-1-3-5-9/h1-7H,8H2. The van der Waals surface area contributed by atoms with Crippen molar-refractivity contribution in [1.29, 1.82) is 0 Å². The lowest BCUT2D eigenvalue weighted by Crippen LogP contribution is -2.19. The Labute approximate surface area is 147 Å². The second kappa shape index (κ2) is 6.37. The Balaban J connectivity index is 2.19. The normalized spacial score (nSPS) is 11.7. The number of Topliss-reactive ketones (excluding diaryl/α,β-unsaturated/α-hetero) is 1. The minimum absolute atomic E-state index is 0.278. The molecule has 0 saturated carbocycles. The molecular formula is C16H9F3N2O4S. The summed E-state index contributed by atoms with van der Waals surface area (Å²) in [5, 5.41) is 11.0. The van der Waals surface area contributed by atoms with Crippen LogP contribution in [0.2, 0.25) is 0 Å². The van der Waals surface area contributed by atoms with Crippen molar-refractivity contribution in [2.24, 2.45) is 0 Å². The SMILES string of the molecule is O=C(Cn1c(=O)sc2c(C(F)(F)F)cc([N+](=O)[O-])cc21)c1ccccc1. The first-order valence-electron chi connectivity index (χ1n) is 7.15. The Hall–Kier alpha value is -3.01. The van der Waals surface area contributed by atoms with E-state index in [0.717, 1.165) is 10.6 Å². The molecule has 0 spiro atoms. The molecule has 0 unspecified atom stereocenters. The lowest BCUT2D eigenvalue weighted by Gasteiger charge is -2.09. The van der Waals surface area contributed by atoms with E-state index in [1.54, 1.807) is 18.2 Å². The average molecular weight is 382 g/mol. The van der Waals surface area contributed by atoms with Gasteiger partial charge in [-0.25, -0.2) is 0 Å². The molecule has 0 bridgehead atoms. The van der Waals surface area contributed by atoms with Crippen LogP contribution in [0.3, 0.4) is 0 Å². The zero-order valence-electron chi connectivity index (χ0n) is 12.8. The molecule has 0 aliphatic heterocycles. The Morgan fingerprint density at radius 3 is 2.42 bits per heavy atom. The molecule has 26 heavy (non-hydrogen) atoms. The van der Waals surface area contributed by atoms with Gasteiger partial charge in [0, 0.05) is 17.7 Å². The summed E-state index contributed by atoms with van der Waals surface area (Å²) in [7, 11) is 0. The van der Waals surface area contributed by atoms with Gasteiger partial charge in [-0.2, -0.15) is 13.2 Å². The number of non-ortho nitro benzene ring substituents is 1. The Kier molecular flexibility index (Phi) is 4.36. The number of rotatable bonds is 4. The average Bonchev–Trinajstić information content (AvgIpc) is 2.89. The number of benzene rings is 2. The van der Waals surface area contributed by atoms with Crippen molar-refractivity contribution in [3.8, 4) is 0 Å². The third-order valence-electron chi connectivity index (χ3n) is 3.67. The number of fused-ring (bicyclic) bond motifs is 1. The zero-order valence-corrected chi connectivity index (χ0v) is 13.6. The highest BCUT2D eigenvalue weighted by molar-refractivity contribution is 7.16. The van der Waals surface area contributed by atoms with Crippen LogP contribution < -0.4 is 4.87 Å². The number of aromatic nitrogens is 1. The summed E-state index contributed by atoms with van der Waals surface area (Å²) in [5.74, 6) is -0.493. The number of carbonyl (C=O) groups excluding carboxylic acids is 1. The molecule has 0 aliphatic rings. The van der Waals surface area contributed by atoms with Gasteiger partial charge in [-0.1, -0.05) is 41.7 Å². The minimum Gasteiger partial charge on any atom is -0.292 e. The number of thiazole rings is 1. The highest BCUT2D eigenvalue weighted by Gasteiger charge is 2.36. The van der Waals surface area contributed by atoms with E-state index in [9.17, 15) is 32.9 Å². The fraction of sp³-hybridized carbons (Fsp3) is 0.125. The predicted molar refractivity (Wildman–Crippen MR) is 88.5 cm³/mol. The molecular weight excluding hydrogens is 373 g/mol. The molecule has 1 heterocycles. The Bertz CT molecular complexity index is 1070. The molecule has 3 aromatic rings. The van der Waals surface area contributed by atoms with Gasteiger partial charge in [-0.05, 0) is 0 Å². The van der Waals surface area contributed by atoms with Gasteiger partial charge in [0.25, 0.3) is 5.69 Å². The van der Waals surface area contributed by atoms with Gasteiger partial charge in [0.05, 0.1) is 27.2 Å². The predicted octanol–water partition coefficient (Wildman–Crippen LogP) is 3.87. The third-order valence-corrected chi connectivity index (χ3v) is 4.70. The second-order valence-corrected chi connectivity index (χ2v) is 6.30. The van der Waals surface area contributed by atoms with Crippen molar-refractivity contribution >= 4 is 33.0 Å². The minimum atomic E-state index is -4.87. The molecule has 0 N–H and O–H groups in total. The number of halogens is 3. The number of hydrogen-bond acceptors (Lipinski definition) is 5. The van der Waals surface area contributed by atoms with E-state index in [1.807, 2.05) is 0 Å². The van der Waals surface area contributed by atoms with Crippen molar-refractivity contribution in [1.82, 2.24) is 4.57 Å². The van der Waals surface area contributed by atoms with Crippen molar-refractivity contribution in [2.75, 3.05) is 0 Å². The van der Waals surface area contributed by atoms with Crippen LogP contribution in [-0.2, 0) is 12.7 Å². The molecule has 10 heteroatoms. The summed E-state index contributed by atoms with van der Waals surface area (Å²) in [5.41, 5.74) is -2.08. The van der Waals surface area contributed by atoms with Crippen LogP contribution in [-0.4, -0.2) is 15.3 Å². The van der Waals surface area contributed by atoms with Crippen LogP contribution in [0.1, 0.15) is 15.9 Å². The van der Waals surface area contributed by atoms with Crippen LogP contribution in [0.25, 0.3) is 10.2 Å². The van der Waals surface area contributed by atoms with Crippen molar-refractivity contribution in [2.45, 2.75) is 12.7 Å². The fourth-order valence-electron chi connectivity index (χ4n) is 2.47. The lowest BCUT2D eigenvalue weighted by molar-refractivity contribution is -0.385. The monoisotopic (exact) mass is 382 g/mol. The van der Waals surface area contributed by atoms with E-state index in [4.69, 9.17) is 0 Å². The van der Waals surface area contributed by atoms with E-state index < -0.39 is 44.3 Å². The number of ketones is 1. The van der Waals surface area contributed by atoms with Crippen LogP contribution in [0.5, 0.6) is 0 Å². The van der Waals surface area contributed by atoms with Crippen molar-refractivity contribution in [3.63, 3.8) is 0 Å². The summed E-state index contributed by atoms with van der Waals surface area (Å²) < 4.78 is 40.1. The third kappa shape index (κ3) is 3.23. The second-order valence-electron chi connectivity index (χ2n) is 5.34. The highest BCUT2D eigenvalue weighted by atomic mass is 32.1. The number of alkyl halides is 3. The van der Waals surface area contributed by atoms with E-state index >= 15 is 0 Å². The summed E-state index contributed by atoms with van der Waals surface area (Å²) >= 11 is 0.302. The molecule has 0 amide bonds. The smallest absolute Gasteiger partial charge is 0.292 e. The maximum absolute atomic E-state index is 13.2. The maximum atomic E-state index is 13.2. The number of nitrogens with zero attached hydrogens (tertiary/aromatic N) is 2. The number of nitro benzene ring substituents is 1. The fourth-order valence-corrected chi connectivity index (χ4v) is 3.48. The number of nitro groups is 1. The van der Waals surface area contributed by atoms with Gasteiger partial charge in [-0.3, -0.25) is 24.3 Å². The summed E-state index contributed by atoms with van der Waals surface area (Å²) in [6.07, 6.45) is -4.87. The van der Waals surface area contributed by atoms with Gasteiger partial charge in [0.15, 0.2) is 5.78 Å². The van der Waals surface area contributed by atoms with Crippen LogP contribution in [0, 0.1) is 10.1 Å². The molecule has 6 nitrogen and oxygen atoms in total. The van der Waals surface area contributed by atoms with E-state index in [0.29, 0.717) is 17.4 Å². The molecule has 2 aromatic carbocycles. The van der Waals surface area contributed by atoms with Gasteiger partial charge < -0.3 is 0 Å². The first-order chi connectivity index (χ1) is 12.2. The molecule has 0 aliphatic carbocycles. The summed E-state index contributed by atoms with van der Waals surface area (Å²) in [4.78, 5) is 33.7. The molecule has 0 saturated heterocycles. The van der Waals surface area contributed by atoms with E-state index in [-0.39, 0.29) is 11.1 Å². The first-order valence-corrected chi connectivity index (χ1v) is 7.97. The molecule has 0 fully saturated rings. The number of hydrogen-bond donors (Lipinski definition) is 0. The van der Waals surface area contributed by atoms with Crippen molar-refractivity contribution < 1.29 is 22.9 Å². The van der Waals surface area contributed by atoms with Crippen molar-refractivity contribution in [3.05, 3.63) is 73.4 Å². The Morgan fingerprint density at radius 1 is 1.19 bits per heavy atom. The Morgan fingerprint density at radius 2 is 1.85 bits per heavy atom. The molecule has 0 radical (unpaired) electrons. The van der Waals surface area contributed by atoms with Crippen LogP contribution >= 0.6 is 11.3 Å². The molecule has 134 valence electrons. The largest absolute Gasteiger partial charge is 0.418 e. The summed E-state index contributed by atoms with van der Waals surface area (Å²) in [6.45, 7) is -0.513. The maximum Gasteiger partial charge on any atom is 0.418 e. The quantitative estimate of drug-likeness (QED) is 0.390. The first kappa shape index (κ1) is 17.8. The zero-order chi connectivity index (χ0) is 19.1. The van der Waals surface area contributed by atoms with Crippen LogP contribution in [0.15, 0.2) is 47.3 Å². The highest BCUT2D eigenvalue weighted by Crippen LogP contribution is 2.38. The molecule has 0 atom stereocenters. The van der Waals surface area contributed by atoms with E-state index in [1.165, 1.54) is 12.1 Å². The molecule has 3 rings (SSSR count). The van der Waals surface area contributed by atoms with E-state index in [2.05, 4.69) is 0 Å². The van der Waals surface area contributed by atoms with Gasteiger partial charge in [0.1, 0.15) is 0 Å². The lowest BCUT2D eigenvalue weighted by atomic mass is 10.1. The van der Waals surface area contributed by atoms with Gasteiger partial charge in [0.2, 0.25) is 0 Å². The molecule has 1 aromatic heterocycles. The van der Waals surface area contributed by atoms with Crippen LogP contribution in [0.4, 0.5) is 18.9 Å². The number of carbonyl (C=O) groups is 1. The van der Waals surface area contributed by atoms with Gasteiger partial charge in [-0.15, -0.1) is 0 Å².